The van der Waals surface area contributed by atoms with Crippen molar-refractivity contribution in [2.24, 2.45) is 0 Å². The fourth-order valence-electron chi connectivity index (χ4n) is 2.23. The van der Waals surface area contributed by atoms with Gasteiger partial charge in [0, 0.05) is 13.1 Å². The van der Waals surface area contributed by atoms with Gasteiger partial charge in [-0.15, -0.1) is 12.4 Å². The number of hydrogen-bond donors (Lipinski definition) is 2. The van der Waals surface area contributed by atoms with Crippen molar-refractivity contribution in [3.05, 3.63) is 48.0 Å². The Labute approximate surface area is 132 Å². The van der Waals surface area contributed by atoms with E-state index in [1.165, 1.54) is 10.8 Å². The Hall–Kier alpha value is -1.58. The second-order valence-electron chi connectivity index (χ2n) is 4.97. The van der Waals surface area contributed by atoms with Crippen LogP contribution < -0.4 is 10.6 Å². The summed E-state index contributed by atoms with van der Waals surface area (Å²) < 4.78 is 0. The number of halogens is 1. The number of fused-ring (bicyclic) bond motifs is 1. The molecule has 1 amide bonds. The first kappa shape index (κ1) is 17.5. The highest BCUT2D eigenvalue weighted by molar-refractivity contribution is 5.87. The number of rotatable bonds is 6. The van der Waals surface area contributed by atoms with E-state index in [9.17, 15) is 4.79 Å². The van der Waals surface area contributed by atoms with Gasteiger partial charge in [-0.3, -0.25) is 4.79 Å². The van der Waals surface area contributed by atoms with Crippen LogP contribution in [0, 0.1) is 0 Å². The molecule has 1 unspecified atom stereocenters. The SMILES string of the molecule is CCNCCNC(=O)C(C)c1ccc2ccccc2c1.Cl. The highest BCUT2D eigenvalue weighted by Gasteiger charge is 2.14. The van der Waals surface area contributed by atoms with Crippen molar-refractivity contribution in [1.82, 2.24) is 10.6 Å². The van der Waals surface area contributed by atoms with Gasteiger partial charge in [0.2, 0.25) is 5.91 Å². The molecule has 21 heavy (non-hydrogen) atoms. The molecule has 2 aromatic rings. The Morgan fingerprint density at radius 1 is 1.10 bits per heavy atom. The van der Waals surface area contributed by atoms with Crippen LogP contribution in [0.5, 0.6) is 0 Å². The summed E-state index contributed by atoms with van der Waals surface area (Å²) in [5, 5.41) is 8.54. The largest absolute Gasteiger partial charge is 0.354 e. The zero-order chi connectivity index (χ0) is 14.4. The molecule has 0 saturated heterocycles. The predicted molar refractivity (Wildman–Crippen MR) is 91.2 cm³/mol. The van der Waals surface area contributed by atoms with Crippen LogP contribution >= 0.6 is 12.4 Å². The highest BCUT2D eigenvalue weighted by atomic mass is 35.5. The van der Waals surface area contributed by atoms with Gasteiger partial charge in [0.05, 0.1) is 5.92 Å². The smallest absolute Gasteiger partial charge is 0.227 e. The minimum absolute atomic E-state index is 0. The van der Waals surface area contributed by atoms with Gasteiger partial charge in [-0.1, -0.05) is 49.4 Å². The number of hydrogen-bond acceptors (Lipinski definition) is 2. The quantitative estimate of drug-likeness (QED) is 0.805. The van der Waals surface area contributed by atoms with Crippen LogP contribution in [0.3, 0.4) is 0 Å². The Balaban J connectivity index is 0.00000220. The number of nitrogens with one attached hydrogen (secondary N) is 2. The summed E-state index contributed by atoms with van der Waals surface area (Å²) in [6.07, 6.45) is 0. The van der Waals surface area contributed by atoms with E-state index in [0.717, 1.165) is 18.7 Å². The van der Waals surface area contributed by atoms with E-state index < -0.39 is 0 Å². The Morgan fingerprint density at radius 2 is 1.81 bits per heavy atom. The van der Waals surface area contributed by atoms with Crippen LogP contribution in [-0.4, -0.2) is 25.5 Å². The summed E-state index contributed by atoms with van der Waals surface area (Å²) in [7, 11) is 0. The molecule has 0 heterocycles. The Morgan fingerprint density at radius 3 is 2.52 bits per heavy atom. The molecule has 0 bridgehead atoms. The normalized spacial score (nSPS) is 11.7. The molecule has 2 aromatic carbocycles. The molecule has 114 valence electrons. The molecular weight excluding hydrogens is 284 g/mol. The number of carbonyl (C=O) groups is 1. The molecule has 0 fully saturated rings. The summed E-state index contributed by atoms with van der Waals surface area (Å²) >= 11 is 0. The first-order valence-corrected chi connectivity index (χ1v) is 7.19. The lowest BCUT2D eigenvalue weighted by Gasteiger charge is -2.13. The lowest BCUT2D eigenvalue weighted by Crippen LogP contribution is -2.34. The second kappa shape index (κ2) is 8.65. The fourth-order valence-corrected chi connectivity index (χ4v) is 2.23. The molecule has 0 radical (unpaired) electrons. The van der Waals surface area contributed by atoms with Gasteiger partial charge in [0.1, 0.15) is 0 Å². The molecule has 2 rings (SSSR count). The summed E-state index contributed by atoms with van der Waals surface area (Å²) in [5.74, 6) is -0.0422. The monoisotopic (exact) mass is 306 g/mol. The zero-order valence-corrected chi connectivity index (χ0v) is 13.4. The van der Waals surface area contributed by atoms with Crippen molar-refractivity contribution in [1.29, 1.82) is 0 Å². The van der Waals surface area contributed by atoms with Crippen molar-refractivity contribution < 1.29 is 4.79 Å². The minimum Gasteiger partial charge on any atom is -0.354 e. The van der Waals surface area contributed by atoms with Gasteiger partial charge in [0.15, 0.2) is 0 Å². The number of likely N-dealkylation sites (N-methyl/N-ethyl adjacent to an activating group) is 1. The molecule has 0 saturated carbocycles. The fraction of sp³-hybridized carbons (Fsp3) is 0.353. The van der Waals surface area contributed by atoms with Crippen molar-refractivity contribution in [3.8, 4) is 0 Å². The summed E-state index contributed by atoms with van der Waals surface area (Å²) in [6, 6.07) is 14.4. The van der Waals surface area contributed by atoms with E-state index in [1.54, 1.807) is 0 Å². The molecule has 0 aliphatic heterocycles. The molecule has 0 aliphatic carbocycles. The van der Waals surface area contributed by atoms with Crippen LogP contribution in [-0.2, 0) is 4.79 Å². The number of amides is 1. The Kier molecular flexibility index (Phi) is 7.20. The molecule has 0 aromatic heterocycles. The molecular formula is C17H23ClN2O. The lowest BCUT2D eigenvalue weighted by molar-refractivity contribution is -0.122. The van der Waals surface area contributed by atoms with Crippen molar-refractivity contribution in [2.45, 2.75) is 19.8 Å². The maximum Gasteiger partial charge on any atom is 0.227 e. The van der Waals surface area contributed by atoms with Gasteiger partial charge in [-0.05, 0) is 29.8 Å². The van der Waals surface area contributed by atoms with Crippen LogP contribution in [0.2, 0.25) is 0 Å². The van der Waals surface area contributed by atoms with Crippen molar-refractivity contribution in [3.63, 3.8) is 0 Å². The van der Waals surface area contributed by atoms with E-state index in [2.05, 4.69) is 41.8 Å². The summed E-state index contributed by atoms with van der Waals surface area (Å²) in [5.41, 5.74) is 1.06. The van der Waals surface area contributed by atoms with E-state index in [1.807, 2.05) is 25.1 Å². The summed E-state index contributed by atoms with van der Waals surface area (Å²) in [6.45, 7) is 6.42. The first-order chi connectivity index (χ1) is 9.72. The third-order valence-electron chi connectivity index (χ3n) is 3.52. The highest BCUT2D eigenvalue weighted by Crippen LogP contribution is 2.21. The van der Waals surface area contributed by atoms with E-state index in [4.69, 9.17) is 0 Å². The van der Waals surface area contributed by atoms with Crippen LogP contribution in [0.15, 0.2) is 42.5 Å². The van der Waals surface area contributed by atoms with Gasteiger partial charge in [-0.2, -0.15) is 0 Å². The molecule has 3 nitrogen and oxygen atoms in total. The Bertz CT molecular complexity index is 586. The second-order valence-corrected chi connectivity index (χ2v) is 4.97. The number of benzene rings is 2. The molecule has 0 spiro atoms. The standard InChI is InChI=1S/C17H22N2O.ClH/c1-3-18-10-11-19-17(20)13(2)15-9-8-14-6-4-5-7-16(14)12-15;/h4-9,12-13,18H,3,10-11H2,1-2H3,(H,19,20);1H. The van der Waals surface area contributed by atoms with Gasteiger partial charge in [-0.25, -0.2) is 0 Å². The average molecular weight is 307 g/mol. The van der Waals surface area contributed by atoms with Gasteiger partial charge >= 0.3 is 0 Å². The first-order valence-electron chi connectivity index (χ1n) is 7.19. The van der Waals surface area contributed by atoms with E-state index in [-0.39, 0.29) is 24.2 Å². The zero-order valence-electron chi connectivity index (χ0n) is 12.6. The minimum atomic E-state index is -0.124. The topological polar surface area (TPSA) is 41.1 Å². The van der Waals surface area contributed by atoms with Crippen molar-refractivity contribution >= 4 is 29.1 Å². The average Bonchev–Trinajstić information content (AvgIpc) is 2.50. The van der Waals surface area contributed by atoms with Crippen LogP contribution in [0.25, 0.3) is 10.8 Å². The molecule has 4 heteroatoms. The van der Waals surface area contributed by atoms with Gasteiger partial charge < -0.3 is 10.6 Å². The maximum atomic E-state index is 12.1. The maximum absolute atomic E-state index is 12.1. The molecule has 2 N–H and O–H groups in total. The predicted octanol–water partition coefficient (Wildman–Crippen LogP) is 3.09. The lowest BCUT2D eigenvalue weighted by atomic mass is 9.97. The van der Waals surface area contributed by atoms with Crippen LogP contribution in [0.1, 0.15) is 25.3 Å². The van der Waals surface area contributed by atoms with Crippen molar-refractivity contribution in [2.75, 3.05) is 19.6 Å². The molecule has 1 atom stereocenters. The third kappa shape index (κ3) is 4.73. The van der Waals surface area contributed by atoms with Crippen LogP contribution in [0.4, 0.5) is 0 Å². The van der Waals surface area contributed by atoms with E-state index >= 15 is 0 Å². The third-order valence-corrected chi connectivity index (χ3v) is 3.52. The van der Waals surface area contributed by atoms with Gasteiger partial charge in [0.25, 0.3) is 0 Å². The molecule has 0 aliphatic rings. The van der Waals surface area contributed by atoms with E-state index in [0.29, 0.717) is 6.54 Å². The number of carbonyl (C=O) groups excluding carboxylic acids is 1. The summed E-state index contributed by atoms with van der Waals surface area (Å²) in [4.78, 5) is 12.1.